The molecule has 0 fully saturated rings. The van der Waals surface area contributed by atoms with Crippen molar-refractivity contribution in [2.75, 3.05) is 6.61 Å². The lowest BCUT2D eigenvalue weighted by Crippen LogP contribution is -2.14. The molecule has 1 atom stereocenters. The molecule has 0 saturated carbocycles. The number of ether oxygens (including phenoxy) is 1. The van der Waals surface area contributed by atoms with Crippen LogP contribution in [0.1, 0.15) is 96.5 Å². The molecule has 0 amide bonds. The van der Waals surface area contributed by atoms with Gasteiger partial charge in [0.15, 0.2) is 17.4 Å². The molecular weight excluding hydrogens is 425 g/mol. The molecule has 0 aliphatic carbocycles. The van der Waals surface area contributed by atoms with Crippen LogP contribution < -0.4 is 4.74 Å². The number of rotatable bonds is 17. The van der Waals surface area contributed by atoms with Gasteiger partial charge in [-0.05, 0) is 37.0 Å². The van der Waals surface area contributed by atoms with Crippen molar-refractivity contribution in [3.63, 3.8) is 0 Å². The van der Waals surface area contributed by atoms with Gasteiger partial charge in [-0.2, -0.15) is 4.39 Å². The SMILES string of the molecule is CCCCCCCCCc1cnc(-c2ccc(OCC(F)CCCCCC)c(F)c2F)nc1. The minimum atomic E-state index is -1.20. The highest BCUT2D eigenvalue weighted by Gasteiger charge is 2.18. The number of halogens is 3. The predicted molar refractivity (Wildman–Crippen MR) is 128 cm³/mol. The molecule has 1 aromatic carbocycles. The van der Waals surface area contributed by atoms with Crippen LogP contribution in [0.4, 0.5) is 13.2 Å². The number of aromatic nitrogens is 2. The summed E-state index contributed by atoms with van der Waals surface area (Å²) in [4.78, 5) is 8.45. The van der Waals surface area contributed by atoms with Crippen molar-refractivity contribution in [3.8, 4) is 17.1 Å². The summed E-state index contributed by atoms with van der Waals surface area (Å²) in [6, 6.07) is 2.70. The molecule has 1 heterocycles. The second-order valence-corrected chi connectivity index (χ2v) is 8.78. The van der Waals surface area contributed by atoms with Crippen molar-refractivity contribution in [2.24, 2.45) is 0 Å². The third-order valence-corrected chi connectivity index (χ3v) is 5.85. The van der Waals surface area contributed by atoms with Crippen LogP contribution in [0.5, 0.6) is 5.75 Å². The smallest absolute Gasteiger partial charge is 0.201 e. The molecule has 184 valence electrons. The number of nitrogens with zero attached hydrogens (tertiary/aromatic N) is 2. The minimum absolute atomic E-state index is 0.0290. The summed E-state index contributed by atoms with van der Waals surface area (Å²) >= 11 is 0. The number of hydrogen-bond acceptors (Lipinski definition) is 3. The summed E-state index contributed by atoms with van der Waals surface area (Å²) < 4.78 is 48.2. The minimum Gasteiger partial charge on any atom is -0.487 e. The van der Waals surface area contributed by atoms with E-state index in [2.05, 4.69) is 23.8 Å². The zero-order valence-corrected chi connectivity index (χ0v) is 20.2. The maximum atomic E-state index is 14.6. The lowest BCUT2D eigenvalue weighted by molar-refractivity contribution is 0.177. The quantitative estimate of drug-likeness (QED) is 0.220. The van der Waals surface area contributed by atoms with Crippen molar-refractivity contribution in [1.82, 2.24) is 9.97 Å². The number of benzene rings is 1. The summed E-state index contributed by atoms with van der Waals surface area (Å²) in [5, 5.41) is 0. The first-order valence-electron chi connectivity index (χ1n) is 12.6. The monoisotopic (exact) mass is 464 g/mol. The van der Waals surface area contributed by atoms with Crippen molar-refractivity contribution in [3.05, 3.63) is 41.7 Å². The van der Waals surface area contributed by atoms with Gasteiger partial charge < -0.3 is 4.74 Å². The molecule has 6 heteroatoms. The molecule has 2 rings (SSSR count). The first kappa shape index (κ1) is 27.1. The Morgan fingerprint density at radius 3 is 2.06 bits per heavy atom. The highest BCUT2D eigenvalue weighted by molar-refractivity contribution is 5.57. The zero-order valence-electron chi connectivity index (χ0n) is 20.2. The van der Waals surface area contributed by atoms with E-state index in [-0.39, 0.29) is 23.7 Å². The summed E-state index contributed by atoms with van der Waals surface area (Å²) in [6.45, 7) is 4.02. The molecular formula is C27H39F3N2O. The summed E-state index contributed by atoms with van der Waals surface area (Å²) in [6.07, 6.45) is 15.9. The van der Waals surface area contributed by atoms with Crippen LogP contribution in [0.15, 0.2) is 24.5 Å². The molecule has 0 aliphatic rings. The molecule has 3 nitrogen and oxygen atoms in total. The number of aryl methyl sites for hydroxylation is 1. The van der Waals surface area contributed by atoms with Crippen LogP contribution in [0, 0.1) is 11.6 Å². The summed E-state index contributed by atoms with van der Waals surface area (Å²) in [5.41, 5.74) is 0.958. The molecule has 1 unspecified atom stereocenters. The van der Waals surface area contributed by atoms with Crippen LogP contribution in [0.3, 0.4) is 0 Å². The number of hydrogen-bond donors (Lipinski definition) is 0. The van der Waals surface area contributed by atoms with Gasteiger partial charge in [0.05, 0.1) is 5.56 Å². The van der Waals surface area contributed by atoms with E-state index >= 15 is 0 Å². The Labute approximate surface area is 197 Å². The van der Waals surface area contributed by atoms with Gasteiger partial charge in [0.25, 0.3) is 0 Å². The van der Waals surface area contributed by atoms with E-state index in [1.165, 1.54) is 50.7 Å². The molecule has 0 saturated heterocycles. The Morgan fingerprint density at radius 1 is 0.788 bits per heavy atom. The van der Waals surface area contributed by atoms with Gasteiger partial charge in [-0.25, -0.2) is 18.7 Å². The van der Waals surface area contributed by atoms with Crippen LogP contribution >= 0.6 is 0 Å². The van der Waals surface area contributed by atoms with E-state index < -0.39 is 17.8 Å². The van der Waals surface area contributed by atoms with Gasteiger partial charge in [-0.1, -0.05) is 78.1 Å². The van der Waals surface area contributed by atoms with Gasteiger partial charge in [-0.3, -0.25) is 0 Å². The molecule has 0 N–H and O–H groups in total. The first-order valence-corrected chi connectivity index (χ1v) is 12.6. The van der Waals surface area contributed by atoms with Crippen molar-refractivity contribution < 1.29 is 17.9 Å². The molecule has 1 aromatic heterocycles. The predicted octanol–water partition coefficient (Wildman–Crippen LogP) is 8.40. The topological polar surface area (TPSA) is 35.0 Å². The van der Waals surface area contributed by atoms with Crippen molar-refractivity contribution in [1.29, 1.82) is 0 Å². The second kappa shape index (κ2) is 15.7. The summed E-state index contributed by atoms with van der Waals surface area (Å²) in [5.74, 6) is -2.38. The average molecular weight is 465 g/mol. The maximum absolute atomic E-state index is 14.6. The average Bonchev–Trinajstić information content (AvgIpc) is 2.83. The third kappa shape index (κ3) is 9.73. The Hall–Kier alpha value is -2.11. The Morgan fingerprint density at radius 2 is 1.39 bits per heavy atom. The second-order valence-electron chi connectivity index (χ2n) is 8.78. The lowest BCUT2D eigenvalue weighted by atomic mass is 10.1. The lowest BCUT2D eigenvalue weighted by Gasteiger charge is -2.12. The van der Waals surface area contributed by atoms with E-state index in [4.69, 9.17) is 4.74 Å². The Bertz CT molecular complexity index is 799. The number of alkyl halides is 1. The summed E-state index contributed by atoms with van der Waals surface area (Å²) in [7, 11) is 0. The Kier molecular flexibility index (Phi) is 12.9. The van der Waals surface area contributed by atoms with Gasteiger partial charge in [0.1, 0.15) is 12.8 Å². The van der Waals surface area contributed by atoms with Gasteiger partial charge in [0, 0.05) is 12.4 Å². The van der Waals surface area contributed by atoms with Gasteiger partial charge >= 0.3 is 0 Å². The normalized spacial score (nSPS) is 12.2. The van der Waals surface area contributed by atoms with E-state index in [0.29, 0.717) is 6.42 Å². The molecule has 0 bridgehead atoms. The van der Waals surface area contributed by atoms with Crippen LogP contribution in [0.25, 0.3) is 11.4 Å². The van der Waals surface area contributed by atoms with Crippen LogP contribution in [-0.4, -0.2) is 22.7 Å². The molecule has 2 aromatic rings. The fourth-order valence-electron chi connectivity index (χ4n) is 3.78. The van der Waals surface area contributed by atoms with E-state index in [9.17, 15) is 13.2 Å². The van der Waals surface area contributed by atoms with E-state index in [0.717, 1.165) is 44.1 Å². The maximum Gasteiger partial charge on any atom is 0.201 e. The largest absolute Gasteiger partial charge is 0.487 e. The van der Waals surface area contributed by atoms with Gasteiger partial charge in [-0.15, -0.1) is 0 Å². The zero-order chi connectivity index (χ0) is 23.9. The molecule has 0 radical (unpaired) electrons. The number of unbranched alkanes of at least 4 members (excludes halogenated alkanes) is 9. The fourth-order valence-corrected chi connectivity index (χ4v) is 3.78. The van der Waals surface area contributed by atoms with E-state index in [1.807, 2.05) is 0 Å². The highest BCUT2D eigenvalue weighted by atomic mass is 19.2. The molecule has 33 heavy (non-hydrogen) atoms. The third-order valence-electron chi connectivity index (χ3n) is 5.85. The standard InChI is InChI=1S/C27H39F3N2O/c1-3-5-7-9-10-11-12-14-21-18-31-27(32-19-21)23-16-17-24(26(30)25(23)29)33-20-22(28)15-13-8-6-4-2/h16-19,22H,3-15,20H2,1-2H3. The molecule has 0 spiro atoms. The van der Waals surface area contributed by atoms with Crippen LogP contribution in [0.2, 0.25) is 0 Å². The first-order chi connectivity index (χ1) is 16.1. The van der Waals surface area contributed by atoms with Crippen LogP contribution in [-0.2, 0) is 6.42 Å². The molecule has 0 aliphatic heterocycles. The van der Waals surface area contributed by atoms with E-state index in [1.54, 1.807) is 12.4 Å². The van der Waals surface area contributed by atoms with Gasteiger partial charge in [0.2, 0.25) is 5.82 Å². The van der Waals surface area contributed by atoms with Crippen molar-refractivity contribution >= 4 is 0 Å². The fraction of sp³-hybridized carbons (Fsp3) is 0.630. The highest BCUT2D eigenvalue weighted by Crippen LogP contribution is 2.28. The van der Waals surface area contributed by atoms with Crippen molar-refractivity contribution in [2.45, 2.75) is 103 Å². The Balaban J connectivity index is 1.84.